The third kappa shape index (κ3) is 8.19. The van der Waals surface area contributed by atoms with Crippen LogP contribution in [-0.4, -0.2) is 37.0 Å². The summed E-state index contributed by atoms with van der Waals surface area (Å²) in [5, 5.41) is 0. The highest BCUT2D eigenvalue weighted by atomic mass is 19.3. The fourth-order valence-corrected chi connectivity index (χ4v) is 1.58. The molecule has 0 spiro atoms. The molecule has 22 heavy (non-hydrogen) atoms. The van der Waals surface area contributed by atoms with Gasteiger partial charge in [-0.1, -0.05) is 6.92 Å². The Morgan fingerprint density at radius 2 is 1.59 bits per heavy atom. The zero-order valence-corrected chi connectivity index (χ0v) is 13.2. The smallest absolute Gasteiger partial charge is 0.315 e. The van der Waals surface area contributed by atoms with Gasteiger partial charge in [0.15, 0.2) is 0 Å². The van der Waals surface area contributed by atoms with Gasteiger partial charge >= 0.3 is 11.9 Å². The molecule has 0 amide bonds. The molecule has 130 valence electrons. The van der Waals surface area contributed by atoms with Gasteiger partial charge in [-0.2, -0.15) is 0 Å². The minimum atomic E-state index is -3.63. The molecule has 0 rings (SSSR count). The van der Waals surface area contributed by atoms with E-state index in [1.807, 2.05) is 0 Å². The Kier molecular flexibility index (Phi) is 7.31. The number of hydrogen-bond donors (Lipinski definition) is 0. The molecule has 0 saturated carbocycles. The van der Waals surface area contributed by atoms with Crippen LogP contribution >= 0.6 is 0 Å². The van der Waals surface area contributed by atoms with Crippen LogP contribution in [0, 0.1) is 5.41 Å². The topological polar surface area (TPSA) is 52.6 Å². The Morgan fingerprint density at radius 3 is 2.00 bits per heavy atom. The first-order valence-corrected chi connectivity index (χ1v) is 6.87. The number of hydrogen-bond acceptors (Lipinski definition) is 4. The van der Waals surface area contributed by atoms with Gasteiger partial charge in [-0.25, -0.2) is 17.6 Å². The zero-order chi connectivity index (χ0) is 17.6. The van der Waals surface area contributed by atoms with Crippen LogP contribution in [0.3, 0.4) is 0 Å². The van der Waals surface area contributed by atoms with Crippen LogP contribution in [0.2, 0.25) is 0 Å². The summed E-state index contributed by atoms with van der Waals surface area (Å²) in [6, 6.07) is 0. The molecule has 0 aliphatic carbocycles. The Bertz CT molecular complexity index is 393. The maximum Gasteiger partial charge on any atom is 0.315 e. The van der Waals surface area contributed by atoms with Crippen LogP contribution in [0.25, 0.3) is 0 Å². The van der Waals surface area contributed by atoms with E-state index in [1.165, 1.54) is 13.8 Å². The molecule has 0 aromatic carbocycles. The molecule has 4 nitrogen and oxygen atoms in total. The maximum absolute atomic E-state index is 13.3. The molecule has 0 aliphatic heterocycles. The summed E-state index contributed by atoms with van der Waals surface area (Å²) in [4.78, 5) is 22.6. The number of rotatable bonds is 9. The Morgan fingerprint density at radius 1 is 1.05 bits per heavy atom. The predicted octanol–water partition coefficient (Wildman–Crippen LogP) is 3.58. The summed E-state index contributed by atoms with van der Waals surface area (Å²) in [5.74, 6) is -8.52. The third-order valence-electron chi connectivity index (χ3n) is 3.14. The van der Waals surface area contributed by atoms with E-state index < -0.39 is 48.6 Å². The lowest BCUT2D eigenvalue weighted by atomic mass is 9.89. The highest BCUT2D eigenvalue weighted by Gasteiger charge is 2.40. The summed E-state index contributed by atoms with van der Waals surface area (Å²) in [5.41, 5.74) is -1.16. The van der Waals surface area contributed by atoms with Crippen molar-refractivity contribution in [2.24, 2.45) is 5.41 Å². The highest BCUT2D eigenvalue weighted by molar-refractivity contribution is 5.77. The number of halogens is 4. The van der Waals surface area contributed by atoms with E-state index in [0.29, 0.717) is 6.92 Å². The number of alkyl halides is 4. The van der Waals surface area contributed by atoms with Crippen molar-refractivity contribution in [2.45, 2.75) is 58.8 Å². The monoisotopic (exact) mass is 330 g/mol. The SMILES string of the molecule is CCC(C)(COC(C)=O)C(=O)OCCC(F)(F)CC(C)(F)F. The number of carbonyl (C=O) groups is 2. The van der Waals surface area contributed by atoms with E-state index in [0.717, 1.165) is 0 Å². The van der Waals surface area contributed by atoms with E-state index in [2.05, 4.69) is 0 Å². The average Bonchev–Trinajstić information content (AvgIpc) is 2.32. The van der Waals surface area contributed by atoms with Crippen molar-refractivity contribution in [1.82, 2.24) is 0 Å². The van der Waals surface area contributed by atoms with E-state index >= 15 is 0 Å². The fourth-order valence-electron chi connectivity index (χ4n) is 1.58. The molecule has 1 unspecified atom stereocenters. The largest absolute Gasteiger partial charge is 0.465 e. The van der Waals surface area contributed by atoms with Crippen LogP contribution in [-0.2, 0) is 19.1 Å². The molecular weight excluding hydrogens is 308 g/mol. The van der Waals surface area contributed by atoms with Crippen LogP contribution < -0.4 is 0 Å². The van der Waals surface area contributed by atoms with E-state index in [1.54, 1.807) is 6.92 Å². The number of carbonyl (C=O) groups excluding carboxylic acids is 2. The van der Waals surface area contributed by atoms with Gasteiger partial charge in [-0.05, 0) is 20.3 Å². The summed E-state index contributed by atoms with van der Waals surface area (Å²) in [6.07, 6.45) is -2.33. The molecule has 0 radical (unpaired) electrons. The molecule has 8 heteroatoms. The van der Waals surface area contributed by atoms with Crippen molar-refractivity contribution < 1.29 is 36.6 Å². The average molecular weight is 330 g/mol. The first-order valence-electron chi connectivity index (χ1n) is 6.87. The lowest BCUT2D eigenvalue weighted by Gasteiger charge is -2.26. The Hall–Kier alpha value is -1.34. The van der Waals surface area contributed by atoms with Gasteiger partial charge in [0.1, 0.15) is 6.61 Å². The molecule has 0 N–H and O–H groups in total. The Labute approximate surface area is 127 Å². The molecule has 0 bridgehead atoms. The summed E-state index contributed by atoms with van der Waals surface area (Å²) in [7, 11) is 0. The summed E-state index contributed by atoms with van der Waals surface area (Å²) < 4.78 is 61.2. The minimum Gasteiger partial charge on any atom is -0.465 e. The second kappa shape index (κ2) is 7.78. The van der Waals surface area contributed by atoms with Crippen LogP contribution in [0.4, 0.5) is 17.6 Å². The molecule has 0 aliphatic rings. The second-order valence-electron chi connectivity index (χ2n) is 5.68. The highest BCUT2D eigenvalue weighted by Crippen LogP contribution is 2.33. The van der Waals surface area contributed by atoms with Gasteiger partial charge in [0, 0.05) is 13.3 Å². The van der Waals surface area contributed by atoms with Gasteiger partial charge in [0.2, 0.25) is 0 Å². The third-order valence-corrected chi connectivity index (χ3v) is 3.14. The normalized spacial score (nSPS) is 15.1. The second-order valence-corrected chi connectivity index (χ2v) is 5.68. The van der Waals surface area contributed by atoms with Crippen molar-refractivity contribution in [2.75, 3.05) is 13.2 Å². The number of esters is 2. The van der Waals surface area contributed by atoms with Gasteiger partial charge in [0.25, 0.3) is 11.8 Å². The lowest BCUT2D eigenvalue weighted by molar-refractivity contribution is -0.165. The van der Waals surface area contributed by atoms with E-state index in [4.69, 9.17) is 9.47 Å². The summed E-state index contributed by atoms with van der Waals surface area (Å²) in [6.45, 7) is 3.78. The van der Waals surface area contributed by atoms with Crippen molar-refractivity contribution in [3.63, 3.8) is 0 Å². The van der Waals surface area contributed by atoms with Crippen LogP contribution in [0.15, 0.2) is 0 Å². The lowest BCUT2D eigenvalue weighted by Crippen LogP contribution is -2.36. The van der Waals surface area contributed by atoms with Crippen molar-refractivity contribution >= 4 is 11.9 Å². The molecular formula is C14H22F4O4. The van der Waals surface area contributed by atoms with Gasteiger partial charge in [-0.3, -0.25) is 9.59 Å². The predicted molar refractivity (Wildman–Crippen MR) is 70.8 cm³/mol. The fraction of sp³-hybridized carbons (Fsp3) is 0.857. The zero-order valence-electron chi connectivity index (χ0n) is 13.2. The first kappa shape index (κ1) is 20.7. The molecule has 0 aromatic heterocycles. The van der Waals surface area contributed by atoms with E-state index in [-0.39, 0.29) is 13.0 Å². The first-order chi connectivity index (χ1) is 9.81. The van der Waals surface area contributed by atoms with E-state index in [9.17, 15) is 27.2 Å². The van der Waals surface area contributed by atoms with Gasteiger partial charge in [-0.15, -0.1) is 0 Å². The summed E-state index contributed by atoms with van der Waals surface area (Å²) >= 11 is 0. The van der Waals surface area contributed by atoms with Crippen molar-refractivity contribution in [1.29, 1.82) is 0 Å². The Balaban J connectivity index is 4.44. The molecule has 0 saturated heterocycles. The minimum absolute atomic E-state index is 0.235. The van der Waals surface area contributed by atoms with Crippen molar-refractivity contribution in [3.05, 3.63) is 0 Å². The molecule has 0 fully saturated rings. The van der Waals surface area contributed by atoms with Gasteiger partial charge in [0.05, 0.1) is 18.4 Å². The quantitative estimate of drug-likeness (QED) is 0.479. The van der Waals surface area contributed by atoms with Crippen molar-refractivity contribution in [3.8, 4) is 0 Å². The molecule has 0 heterocycles. The standard InChI is InChI=1S/C14H22F4O4/c1-5-12(3,9-22-10(2)19)11(20)21-7-6-14(17,18)8-13(4,15)16/h5-9H2,1-4H3. The molecule has 0 aromatic rings. The van der Waals surface area contributed by atoms with Crippen LogP contribution in [0.5, 0.6) is 0 Å². The van der Waals surface area contributed by atoms with Crippen LogP contribution in [0.1, 0.15) is 47.0 Å². The molecule has 1 atom stereocenters. The maximum atomic E-state index is 13.3. The number of ether oxygens (including phenoxy) is 2. The van der Waals surface area contributed by atoms with Gasteiger partial charge < -0.3 is 9.47 Å².